The molecule has 0 fully saturated rings. The van der Waals surface area contributed by atoms with Crippen LogP contribution in [0.3, 0.4) is 0 Å². The summed E-state index contributed by atoms with van der Waals surface area (Å²) in [4.78, 5) is 25.0. The van der Waals surface area contributed by atoms with Gasteiger partial charge in [0.2, 0.25) is 0 Å². The average Bonchev–Trinajstić information content (AvgIpc) is 2.64. The Morgan fingerprint density at radius 1 is 1.15 bits per heavy atom. The van der Waals surface area contributed by atoms with E-state index >= 15 is 0 Å². The molecule has 1 aliphatic rings. The van der Waals surface area contributed by atoms with Crippen molar-refractivity contribution in [3.05, 3.63) is 69.9 Å². The standard InChI is InChI=1S/C20H20ClN3O3/c1-11-15(21)5-4-6-16(11)23-19(25)17-12(2)22-20(26)24-18(17)13-7-9-14(27-3)10-8-13/h4-10,18H,1-3H3,(H,23,25)(H2,22,24,26)/t18-/m0/s1. The van der Waals surface area contributed by atoms with Crippen LogP contribution in [0.15, 0.2) is 53.7 Å². The van der Waals surface area contributed by atoms with Gasteiger partial charge in [0.1, 0.15) is 5.75 Å². The Morgan fingerprint density at radius 3 is 2.52 bits per heavy atom. The van der Waals surface area contributed by atoms with Gasteiger partial charge in [0.15, 0.2) is 0 Å². The van der Waals surface area contributed by atoms with Gasteiger partial charge in [-0.25, -0.2) is 4.79 Å². The van der Waals surface area contributed by atoms with Crippen molar-refractivity contribution in [2.24, 2.45) is 0 Å². The van der Waals surface area contributed by atoms with Crippen molar-refractivity contribution >= 4 is 29.2 Å². The summed E-state index contributed by atoms with van der Waals surface area (Å²) >= 11 is 6.14. The monoisotopic (exact) mass is 385 g/mol. The maximum Gasteiger partial charge on any atom is 0.319 e. The molecule has 0 saturated heterocycles. The van der Waals surface area contributed by atoms with E-state index in [1.807, 2.05) is 19.1 Å². The van der Waals surface area contributed by atoms with Crippen LogP contribution in [0, 0.1) is 6.92 Å². The zero-order chi connectivity index (χ0) is 19.6. The summed E-state index contributed by atoms with van der Waals surface area (Å²) in [6, 6.07) is 11.6. The molecule has 0 saturated carbocycles. The van der Waals surface area contributed by atoms with Gasteiger partial charge >= 0.3 is 6.03 Å². The Bertz CT molecular complexity index is 923. The third-order valence-corrected chi connectivity index (χ3v) is 4.89. The van der Waals surface area contributed by atoms with Gasteiger partial charge in [0, 0.05) is 16.4 Å². The van der Waals surface area contributed by atoms with Crippen LogP contribution in [0.25, 0.3) is 0 Å². The molecule has 6 nitrogen and oxygen atoms in total. The van der Waals surface area contributed by atoms with Gasteiger partial charge < -0.3 is 20.7 Å². The van der Waals surface area contributed by atoms with Crippen LogP contribution in [-0.2, 0) is 4.79 Å². The van der Waals surface area contributed by atoms with Crippen LogP contribution in [-0.4, -0.2) is 19.0 Å². The third-order valence-electron chi connectivity index (χ3n) is 4.48. The summed E-state index contributed by atoms with van der Waals surface area (Å²) in [5.41, 5.74) is 3.10. The molecule has 0 unspecified atom stereocenters. The molecule has 0 radical (unpaired) electrons. The van der Waals surface area contributed by atoms with Crippen molar-refractivity contribution in [2.45, 2.75) is 19.9 Å². The molecule has 140 valence electrons. The second-order valence-corrected chi connectivity index (χ2v) is 6.62. The number of nitrogens with one attached hydrogen (secondary N) is 3. The maximum absolute atomic E-state index is 13.0. The first-order valence-corrected chi connectivity index (χ1v) is 8.77. The molecule has 0 aliphatic carbocycles. The number of methoxy groups -OCH3 is 1. The fourth-order valence-corrected chi connectivity index (χ4v) is 3.15. The zero-order valence-corrected chi connectivity index (χ0v) is 16.0. The average molecular weight is 386 g/mol. The molecule has 0 spiro atoms. The lowest BCUT2D eigenvalue weighted by Crippen LogP contribution is -2.46. The number of carbonyl (C=O) groups is 2. The zero-order valence-electron chi connectivity index (χ0n) is 15.2. The highest BCUT2D eigenvalue weighted by Crippen LogP contribution is 2.30. The quantitative estimate of drug-likeness (QED) is 0.746. The number of ether oxygens (including phenoxy) is 1. The molecule has 3 N–H and O–H groups in total. The van der Waals surface area contributed by atoms with Crippen molar-refractivity contribution < 1.29 is 14.3 Å². The number of halogens is 1. The minimum absolute atomic E-state index is 0.314. The first kappa shape index (κ1) is 18.8. The van der Waals surface area contributed by atoms with Gasteiger partial charge in [0.05, 0.1) is 18.7 Å². The van der Waals surface area contributed by atoms with Crippen molar-refractivity contribution in [2.75, 3.05) is 12.4 Å². The van der Waals surface area contributed by atoms with Gasteiger partial charge in [0.25, 0.3) is 5.91 Å². The van der Waals surface area contributed by atoms with E-state index in [0.29, 0.717) is 27.7 Å². The second kappa shape index (κ2) is 7.72. The molecule has 7 heteroatoms. The van der Waals surface area contributed by atoms with E-state index in [4.69, 9.17) is 16.3 Å². The molecule has 3 amide bonds. The molecule has 2 aromatic carbocycles. The summed E-state index contributed by atoms with van der Waals surface area (Å²) in [7, 11) is 1.58. The number of benzene rings is 2. The lowest BCUT2D eigenvalue weighted by molar-refractivity contribution is -0.113. The third kappa shape index (κ3) is 3.90. The number of allylic oxidation sites excluding steroid dienone is 1. The number of amides is 3. The molecule has 2 aromatic rings. The predicted octanol–water partition coefficient (Wildman–Crippen LogP) is 3.92. The van der Waals surface area contributed by atoms with Crippen LogP contribution < -0.4 is 20.7 Å². The van der Waals surface area contributed by atoms with E-state index in [2.05, 4.69) is 16.0 Å². The van der Waals surface area contributed by atoms with Gasteiger partial charge in [-0.05, 0) is 49.2 Å². The minimum Gasteiger partial charge on any atom is -0.497 e. The summed E-state index contributed by atoms with van der Waals surface area (Å²) in [6.07, 6.45) is 0. The molecular formula is C20H20ClN3O3. The Hall–Kier alpha value is -2.99. The molecular weight excluding hydrogens is 366 g/mol. The van der Waals surface area contributed by atoms with Crippen molar-refractivity contribution in [3.63, 3.8) is 0 Å². The summed E-state index contributed by atoms with van der Waals surface area (Å²) in [5, 5.41) is 8.93. The van der Waals surface area contributed by atoms with Crippen LogP contribution in [0.1, 0.15) is 24.1 Å². The number of carbonyl (C=O) groups excluding carboxylic acids is 2. The Balaban J connectivity index is 1.95. The largest absolute Gasteiger partial charge is 0.497 e. The van der Waals surface area contributed by atoms with Crippen molar-refractivity contribution in [1.29, 1.82) is 0 Å². The first-order chi connectivity index (χ1) is 12.9. The normalized spacial score (nSPS) is 16.4. The number of urea groups is 1. The van der Waals surface area contributed by atoms with E-state index in [1.54, 1.807) is 44.4 Å². The van der Waals surface area contributed by atoms with E-state index < -0.39 is 6.04 Å². The maximum atomic E-state index is 13.0. The highest BCUT2D eigenvalue weighted by Gasteiger charge is 2.31. The topological polar surface area (TPSA) is 79.5 Å². The van der Waals surface area contributed by atoms with Gasteiger partial charge in [-0.2, -0.15) is 0 Å². The summed E-state index contributed by atoms with van der Waals surface area (Å²) in [5.74, 6) is 0.381. The van der Waals surface area contributed by atoms with Gasteiger partial charge in [-0.1, -0.05) is 29.8 Å². The van der Waals surface area contributed by atoms with E-state index in [1.165, 1.54) is 0 Å². The second-order valence-electron chi connectivity index (χ2n) is 6.21. The first-order valence-electron chi connectivity index (χ1n) is 8.39. The molecule has 0 aromatic heterocycles. The Kier molecular flexibility index (Phi) is 5.37. The van der Waals surface area contributed by atoms with E-state index in [0.717, 1.165) is 11.1 Å². The fourth-order valence-electron chi connectivity index (χ4n) is 2.97. The van der Waals surface area contributed by atoms with Gasteiger partial charge in [-0.3, -0.25) is 4.79 Å². The molecule has 1 heterocycles. The molecule has 27 heavy (non-hydrogen) atoms. The number of hydrogen-bond acceptors (Lipinski definition) is 3. The minimum atomic E-state index is -0.579. The highest BCUT2D eigenvalue weighted by atomic mass is 35.5. The summed E-state index contributed by atoms with van der Waals surface area (Å²) in [6.45, 7) is 3.54. The molecule has 0 bridgehead atoms. The number of hydrogen-bond donors (Lipinski definition) is 3. The fraction of sp³-hybridized carbons (Fsp3) is 0.200. The van der Waals surface area contributed by atoms with E-state index in [9.17, 15) is 9.59 Å². The van der Waals surface area contributed by atoms with E-state index in [-0.39, 0.29) is 11.9 Å². The highest BCUT2D eigenvalue weighted by molar-refractivity contribution is 6.31. The molecule has 1 atom stereocenters. The predicted molar refractivity (Wildman–Crippen MR) is 105 cm³/mol. The smallest absolute Gasteiger partial charge is 0.319 e. The Morgan fingerprint density at radius 2 is 1.85 bits per heavy atom. The van der Waals surface area contributed by atoms with Crippen LogP contribution in [0.5, 0.6) is 5.75 Å². The number of rotatable bonds is 4. The van der Waals surface area contributed by atoms with Crippen molar-refractivity contribution in [3.8, 4) is 5.75 Å². The number of anilines is 1. The lowest BCUT2D eigenvalue weighted by atomic mass is 9.94. The van der Waals surface area contributed by atoms with Crippen molar-refractivity contribution in [1.82, 2.24) is 10.6 Å². The summed E-state index contributed by atoms with van der Waals surface area (Å²) < 4.78 is 5.17. The van der Waals surface area contributed by atoms with Crippen LogP contribution in [0.4, 0.5) is 10.5 Å². The van der Waals surface area contributed by atoms with Crippen LogP contribution in [0.2, 0.25) is 5.02 Å². The molecule has 3 rings (SSSR count). The SMILES string of the molecule is COc1ccc([C@@H]2NC(=O)NC(C)=C2C(=O)Nc2cccc(Cl)c2C)cc1. The lowest BCUT2D eigenvalue weighted by Gasteiger charge is -2.29. The van der Waals surface area contributed by atoms with Gasteiger partial charge in [-0.15, -0.1) is 0 Å². The molecule has 1 aliphatic heterocycles. The van der Waals surface area contributed by atoms with Crippen LogP contribution >= 0.6 is 11.6 Å². The Labute approximate surface area is 162 Å².